The van der Waals surface area contributed by atoms with E-state index in [1.54, 1.807) is 6.92 Å². The van der Waals surface area contributed by atoms with Crippen LogP contribution in [0.15, 0.2) is 48.5 Å². The zero-order chi connectivity index (χ0) is 18.9. The summed E-state index contributed by atoms with van der Waals surface area (Å²) in [6.45, 7) is 8.89. The first-order valence-electron chi connectivity index (χ1n) is 9.27. The van der Waals surface area contributed by atoms with Crippen molar-refractivity contribution in [1.82, 2.24) is 0 Å². The van der Waals surface area contributed by atoms with Gasteiger partial charge in [-0.05, 0) is 67.6 Å². The monoisotopic (exact) mass is 355 g/mol. The summed E-state index contributed by atoms with van der Waals surface area (Å²) in [4.78, 5) is 12.3. The highest BCUT2D eigenvalue weighted by atomic mass is 16.5. The molecule has 1 N–H and O–H groups in total. The Morgan fingerprint density at radius 3 is 2.15 bits per heavy atom. The van der Waals surface area contributed by atoms with Gasteiger partial charge in [-0.1, -0.05) is 32.9 Å². The van der Waals surface area contributed by atoms with Crippen molar-refractivity contribution in [3.8, 4) is 11.5 Å². The molecule has 26 heavy (non-hydrogen) atoms. The van der Waals surface area contributed by atoms with Crippen LogP contribution in [0, 0.1) is 5.92 Å². The van der Waals surface area contributed by atoms with Crippen LogP contribution in [0.2, 0.25) is 0 Å². The van der Waals surface area contributed by atoms with Crippen LogP contribution >= 0.6 is 0 Å². The van der Waals surface area contributed by atoms with Gasteiger partial charge in [-0.2, -0.15) is 0 Å². The third kappa shape index (κ3) is 6.43. The largest absolute Gasteiger partial charge is 0.494 e. The van der Waals surface area contributed by atoms with E-state index in [0.29, 0.717) is 18.3 Å². The van der Waals surface area contributed by atoms with E-state index in [-0.39, 0.29) is 5.91 Å². The van der Waals surface area contributed by atoms with E-state index in [1.807, 2.05) is 48.5 Å². The second kappa shape index (κ2) is 9.85. The van der Waals surface area contributed by atoms with Gasteiger partial charge in [0.05, 0.1) is 6.61 Å². The molecule has 0 bridgehead atoms. The van der Waals surface area contributed by atoms with Crippen LogP contribution in [0.5, 0.6) is 11.5 Å². The zero-order valence-corrected chi connectivity index (χ0v) is 16.1. The quantitative estimate of drug-likeness (QED) is 0.682. The van der Waals surface area contributed by atoms with Crippen molar-refractivity contribution < 1.29 is 14.3 Å². The molecule has 0 heterocycles. The molecule has 0 fully saturated rings. The normalized spacial score (nSPS) is 11.9. The Hall–Kier alpha value is -2.49. The number of hydrogen-bond donors (Lipinski definition) is 1. The van der Waals surface area contributed by atoms with Gasteiger partial charge in [-0.25, -0.2) is 0 Å². The molecular formula is C22H29NO3. The second-order valence-electron chi connectivity index (χ2n) is 6.80. The summed E-state index contributed by atoms with van der Waals surface area (Å²) >= 11 is 0. The van der Waals surface area contributed by atoms with Gasteiger partial charge < -0.3 is 14.8 Å². The van der Waals surface area contributed by atoms with Gasteiger partial charge in [-0.3, -0.25) is 4.79 Å². The first-order chi connectivity index (χ1) is 12.5. The predicted octanol–water partition coefficient (Wildman–Crippen LogP) is 5.08. The van der Waals surface area contributed by atoms with Crippen molar-refractivity contribution in [3.63, 3.8) is 0 Å². The van der Waals surface area contributed by atoms with Crippen LogP contribution in [0.4, 0.5) is 5.69 Å². The maximum atomic E-state index is 12.3. The Kier molecular flexibility index (Phi) is 7.52. The standard InChI is InChI=1S/C22H29NO3/c1-5-18-6-10-21(11-7-18)26-17(4)22(24)23-19-8-12-20(13-9-19)25-15-14-16(2)3/h6-13,16-17H,5,14-15H2,1-4H3,(H,23,24)/t17-/m1/s1. The first-order valence-corrected chi connectivity index (χ1v) is 9.27. The highest BCUT2D eigenvalue weighted by Crippen LogP contribution is 2.18. The predicted molar refractivity (Wildman–Crippen MR) is 106 cm³/mol. The number of nitrogens with one attached hydrogen (secondary N) is 1. The molecule has 0 aliphatic rings. The van der Waals surface area contributed by atoms with E-state index in [0.717, 1.165) is 24.3 Å². The lowest BCUT2D eigenvalue weighted by Crippen LogP contribution is -2.30. The molecule has 2 aromatic rings. The van der Waals surface area contributed by atoms with Crippen molar-refractivity contribution in [2.24, 2.45) is 5.92 Å². The number of carbonyl (C=O) groups is 1. The molecule has 0 radical (unpaired) electrons. The van der Waals surface area contributed by atoms with Gasteiger partial charge in [0.25, 0.3) is 5.91 Å². The summed E-state index contributed by atoms with van der Waals surface area (Å²) in [6, 6.07) is 15.2. The number of benzene rings is 2. The van der Waals surface area contributed by atoms with E-state index in [2.05, 4.69) is 26.1 Å². The SMILES string of the molecule is CCc1ccc(O[C@H](C)C(=O)Nc2ccc(OCCC(C)C)cc2)cc1. The van der Waals surface area contributed by atoms with Crippen molar-refractivity contribution >= 4 is 11.6 Å². The number of hydrogen-bond acceptors (Lipinski definition) is 3. The summed E-state index contributed by atoms with van der Waals surface area (Å²) < 4.78 is 11.4. The third-order valence-electron chi connectivity index (χ3n) is 4.10. The fourth-order valence-corrected chi connectivity index (χ4v) is 2.35. The Labute approximate surface area is 156 Å². The number of ether oxygens (including phenoxy) is 2. The molecule has 0 aliphatic heterocycles. The lowest BCUT2D eigenvalue weighted by molar-refractivity contribution is -0.122. The second-order valence-corrected chi connectivity index (χ2v) is 6.80. The van der Waals surface area contributed by atoms with E-state index < -0.39 is 6.10 Å². The highest BCUT2D eigenvalue weighted by molar-refractivity contribution is 5.94. The molecule has 0 aliphatic carbocycles. The maximum absolute atomic E-state index is 12.3. The molecule has 2 rings (SSSR count). The molecule has 0 saturated carbocycles. The minimum Gasteiger partial charge on any atom is -0.494 e. The fourth-order valence-electron chi connectivity index (χ4n) is 2.35. The number of aryl methyl sites for hydroxylation is 1. The van der Waals surface area contributed by atoms with E-state index in [1.165, 1.54) is 5.56 Å². The average molecular weight is 355 g/mol. The fraction of sp³-hybridized carbons (Fsp3) is 0.409. The van der Waals surface area contributed by atoms with E-state index >= 15 is 0 Å². The molecule has 1 atom stereocenters. The summed E-state index contributed by atoms with van der Waals surface area (Å²) in [5, 5.41) is 2.87. The zero-order valence-electron chi connectivity index (χ0n) is 16.1. The molecule has 140 valence electrons. The van der Waals surface area contributed by atoms with Crippen LogP contribution in [0.1, 0.15) is 39.7 Å². The van der Waals surface area contributed by atoms with Crippen LogP contribution < -0.4 is 14.8 Å². The molecule has 0 aromatic heterocycles. The van der Waals surface area contributed by atoms with Crippen LogP contribution in [-0.2, 0) is 11.2 Å². The molecule has 0 saturated heterocycles. The third-order valence-corrected chi connectivity index (χ3v) is 4.10. The summed E-state index contributed by atoms with van der Waals surface area (Å²) in [7, 11) is 0. The Balaban J connectivity index is 1.83. The number of carbonyl (C=O) groups excluding carboxylic acids is 1. The van der Waals surface area contributed by atoms with E-state index in [4.69, 9.17) is 9.47 Å². The lowest BCUT2D eigenvalue weighted by Gasteiger charge is -2.15. The van der Waals surface area contributed by atoms with Gasteiger partial charge in [0.2, 0.25) is 0 Å². The van der Waals surface area contributed by atoms with Gasteiger partial charge in [-0.15, -0.1) is 0 Å². The smallest absolute Gasteiger partial charge is 0.265 e. The van der Waals surface area contributed by atoms with Crippen LogP contribution in [0.3, 0.4) is 0 Å². The number of amides is 1. The number of rotatable bonds is 9. The summed E-state index contributed by atoms with van der Waals surface area (Å²) in [5.74, 6) is 1.94. The van der Waals surface area contributed by atoms with Gasteiger partial charge >= 0.3 is 0 Å². The van der Waals surface area contributed by atoms with Crippen molar-refractivity contribution in [2.75, 3.05) is 11.9 Å². The lowest BCUT2D eigenvalue weighted by atomic mass is 10.1. The summed E-state index contributed by atoms with van der Waals surface area (Å²) in [6.07, 6.45) is 1.42. The molecule has 4 heteroatoms. The Morgan fingerprint density at radius 2 is 1.58 bits per heavy atom. The van der Waals surface area contributed by atoms with Gasteiger partial charge in [0.1, 0.15) is 11.5 Å². The Bertz CT molecular complexity index is 678. The van der Waals surface area contributed by atoms with E-state index in [9.17, 15) is 4.79 Å². The summed E-state index contributed by atoms with van der Waals surface area (Å²) in [5.41, 5.74) is 1.97. The average Bonchev–Trinajstić information content (AvgIpc) is 2.63. The molecule has 1 amide bonds. The first kappa shape index (κ1) is 19.8. The van der Waals surface area contributed by atoms with Crippen LogP contribution in [-0.4, -0.2) is 18.6 Å². The molecular weight excluding hydrogens is 326 g/mol. The van der Waals surface area contributed by atoms with Crippen molar-refractivity contribution in [1.29, 1.82) is 0 Å². The minimum atomic E-state index is -0.579. The van der Waals surface area contributed by atoms with Crippen LogP contribution in [0.25, 0.3) is 0 Å². The molecule has 0 unspecified atom stereocenters. The molecule has 4 nitrogen and oxygen atoms in total. The number of anilines is 1. The molecule has 2 aromatic carbocycles. The molecule has 0 spiro atoms. The van der Waals surface area contributed by atoms with Gasteiger partial charge in [0, 0.05) is 5.69 Å². The maximum Gasteiger partial charge on any atom is 0.265 e. The minimum absolute atomic E-state index is 0.182. The van der Waals surface area contributed by atoms with Crippen molar-refractivity contribution in [2.45, 2.75) is 46.6 Å². The van der Waals surface area contributed by atoms with Gasteiger partial charge in [0.15, 0.2) is 6.10 Å². The highest BCUT2D eigenvalue weighted by Gasteiger charge is 2.15. The topological polar surface area (TPSA) is 47.6 Å². The van der Waals surface area contributed by atoms with Crippen molar-refractivity contribution in [3.05, 3.63) is 54.1 Å². The Morgan fingerprint density at radius 1 is 0.962 bits per heavy atom.